The predicted molar refractivity (Wildman–Crippen MR) is 121 cm³/mol. The molecule has 5 nitrogen and oxygen atoms in total. The first-order chi connectivity index (χ1) is 13.7. The zero-order valence-corrected chi connectivity index (χ0v) is 18.5. The van der Waals surface area contributed by atoms with Gasteiger partial charge in [0.15, 0.2) is 5.96 Å². The van der Waals surface area contributed by atoms with Crippen molar-refractivity contribution in [2.24, 2.45) is 4.99 Å². The van der Waals surface area contributed by atoms with Gasteiger partial charge in [-0.3, -0.25) is 9.89 Å². The van der Waals surface area contributed by atoms with Crippen LogP contribution in [0.2, 0.25) is 0 Å². The van der Waals surface area contributed by atoms with Gasteiger partial charge < -0.3 is 10.6 Å². The molecule has 28 heavy (non-hydrogen) atoms. The fraction of sp³-hybridized carbons (Fsp3) is 0.524. The monoisotopic (exact) mass is 417 g/mol. The first-order valence-electron chi connectivity index (χ1n) is 10.0. The molecule has 0 bridgehead atoms. The van der Waals surface area contributed by atoms with E-state index in [2.05, 4.69) is 56.7 Å². The van der Waals surface area contributed by atoms with Crippen LogP contribution in [0.25, 0.3) is 0 Å². The third kappa shape index (κ3) is 6.79. The lowest BCUT2D eigenvalue weighted by atomic mass is 10.0. The summed E-state index contributed by atoms with van der Waals surface area (Å²) in [5.74, 6) is 2.01. The average Bonchev–Trinajstić information content (AvgIpc) is 3.23. The summed E-state index contributed by atoms with van der Waals surface area (Å²) < 4.78 is 1.15. The minimum atomic E-state index is 0.504. The Morgan fingerprint density at radius 1 is 1.32 bits per heavy atom. The van der Waals surface area contributed by atoms with Crippen molar-refractivity contribution in [1.82, 2.24) is 20.5 Å². The van der Waals surface area contributed by atoms with E-state index in [1.54, 1.807) is 11.3 Å². The molecule has 0 saturated carbocycles. The molecule has 1 fully saturated rings. The molecule has 152 valence electrons. The van der Waals surface area contributed by atoms with Crippen LogP contribution in [0.3, 0.4) is 0 Å². The summed E-state index contributed by atoms with van der Waals surface area (Å²) in [4.78, 5) is 11.3. The van der Waals surface area contributed by atoms with Gasteiger partial charge in [0, 0.05) is 56.6 Å². The molecule has 0 amide bonds. The number of likely N-dealkylation sites (tertiary alicyclic amines) is 1. The molecule has 0 spiro atoms. The lowest BCUT2D eigenvalue weighted by molar-refractivity contribution is 0.198. The van der Waals surface area contributed by atoms with Gasteiger partial charge in [0.25, 0.3) is 0 Å². The lowest BCUT2D eigenvalue weighted by Crippen LogP contribution is -2.48. The number of guanidine groups is 1. The van der Waals surface area contributed by atoms with Gasteiger partial charge >= 0.3 is 0 Å². The summed E-state index contributed by atoms with van der Waals surface area (Å²) in [6.07, 6.45) is 5.28. The van der Waals surface area contributed by atoms with Crippen molar-refractivity contribution >= 4 is 29.1 Å². The molecule has 0 radical (unpaired) electrons. The number of hydrogen-bond acceptors (Lipinski definition) is 5. The van der Waals surface area contributed by atoms with Crippen LogP contribution in [0.5, 0.6) is 0 Å². The van der Waals surface area contributed by atoms with Gasteiger partial charge in [-0.05, 0) is 37.3 Å². The highest BCUT2D eigenvalue weighted by Gasteiger charge is 2.20. The van der Waals surface area contributed by atoms with Crippen LogP contribution in [0, 0.1) is 6.92 Å². The van der Waals surface area contributed by atoms with Crippen molar-refractivity contribution in [3.63, 3.8) is 0 Å². The SMILES string of the molecule is CN=C(NCCCSc1nccs1)NC1CCN(Cc2ccccc2C)CC1. The number of nitrogens with zero attached hydrogens (tertiary/aromatic N) is 3. The summed E-state index contributed by atoms with van der Waals surface area (Å²) in [7, 11) is 1.85. The van der Waals surface area contributed by atoms with Crippen LogP contribution in [0.1, 0.15) is 30.4 Å². The van der Waals surface area contributed by atoms with E-state index in [-0.39, 0.29) is 0 Å². The fourth-order valence-corrected chi connectivity index (χ4v) is 5.02. The second kappa shape index (κ2) is 11.4. The molecule has 1 aromatic heterocycles. The van der Waals surface area contributed by atoms with Crippen LogP contribution in [0.15, 0.2) is 45.2 Å². The molecule has 0 unspecified atom stereocenters. The Hall–Kier alpha value is -1.57. The number of aromatic nitrogens is 1. The molecule has 2 heterocycles. The van der Waals surface area contributed by atoms with Crippen molar-refractivity contribution in [2.75, 3.05) is 32.4 Å². The van der Waals surface area contributed by atoms with E-state index in [4.69, 9.17) is 0 Å². The third-order valence-corrected chi connectivity index (χ3v) is 7.11. The van der Waals surface area contributed by atoms with Gasteiger partial charge in [0.05, 0.1) is 0 Å². The highest BCUT2D eigenvalue weighted by molar-refractivity contribution is 8.00. The molecule has 1 aliphatic heterocycles. The van der Waals surface area contributed by atoms with Crippen LogP contribution in [0.4, 0.5) is 0 Å². The summed E-state index contributed by atoms with van der Waals surface area (Å²) >= 11 is 3.53. The van der Waals surface area contributed by atoms with Crippen molar-refractivity contribution < 1.29 is 0 Å². The molecule has 0 aliphatic carbocycles. The highest BCUT2D eigenvalue weighted by Crippen LogP contribution is 2.20. The number of piperidine rings is 1. The third-order valence-electron chi connectivity index (χ3n) is 5.06. The Morgan fingerprint density at radius 3 is 2.86 bits per heavy atom. The quantitative estimate of drug-likeness (QED) is 0.296. The Balaban J connectivity index is 1.32. The molecule has 3 rings (SSSR count). The summed E-state index contributed by atoms with van der Waals surface area (Å²) in [5, 5.41) is 9.08. The summed E-state index contributed by atoms with van der Waals surface area (Å²) in [6.45, 7) is 6.46. The van der Waals surface area contributed by atoms with E-state index in [0.717, 1.165) is 61.5 Å². The van der Waals surface area contributed by atoms with E-state index in [0.29, 0.717) is 6.04 Å². The van der Waals surface area contributed by atoms with Gasteiger partial charge in [-0.15, -0.1) is 11.3 Å². The number of thioether (sulfide) groups is 1. The normalized spacial score (nSPS) is 16.3. The van der Waals surface area contributed by atoms with Crippen molar-refractivity contribution in [1.29, 1.82) is 0 Å². The zero-order valence-electron chi connectivity index (χ0n) is 16.9. The molecule has 2 aromatic rings. The minimum Gasteiger partial charge on any atom is -0.356 e. The topological polar surface area (TPSA) is 52.6 Å². The molecular formula is C21H31N5S2. The van der Waals surface area contributed by atoms with E-state index < -0.39 is 0 Å². The Kier molecular flexibility index (Phi) is 8.64. The Bertz CT molecular complexity index is 724. The van der Waals surface area contributed by atoms with Gasteiger partial charge in [0.2, 0.25) is 0 Å². The van der Waals surface area contributed by atoms with E-state index >= 15 is 0 Å². The van der Waals surface area contributed by atoms with Crippen LogP contribution in [-0.4, -0.2) is 54.3 Å². The number of hydrogen-bond donors (Lipinski definition) is 2. The van der Waals surface area contributed by atoms with Crippen LogP contribution >= 0.6 is 23.1 Å². The number of thiazole rings is 1. The van der Waals surface area contributed by atoms with Gasteiger partial charge in [-0.2, -0.15) is 0 Å². The smallest absolute Gasteiger partial charge is 0.191 e. The second-order valence-electron chi connectivity index (χ2n) is 7.12. The molecule has 1 aliphatic rings. The Morgan fingerprint density at radius 2 is 2.14 bits per heavy atom. The van der Waals surface area contributed by atoms with Gasteiger partial charge in [-0.1, -0.05) is 36.0 Å². The Labute approximate surface area is 177 Å². The predicted octanol–water partition coefficient (Wildman–Crippen LogP) is 3.76. The first kappa shape index (κ1) is 21.1. The standard InChI is InChI=1S/C21H31N5S2/c1-17-6-3-4-7-18(17)16-26-12-8-19(9-13-26)25-20(22-2)23-10-5-14-27-21-24-11-15-28-21/h3-4,6-7,11,15,19H,5,8-10,12-14,16H2,1-2H3,(H2,22,23,25). The highest BCUT2D eigenvalue weighted by atomic mass is 32.2. The van der Waals surface area contributed by atoms with E-state index in [1.165, 1.54) is 11.1 Å². The maximum Gasteiger partial charge on any atom is 0.191 e. The van der Waals surface area contributed by atoms with Gasteiger partial charge in [-0.25, -0.2) is 4.98 Å². The fourth-order valence-electron chi connectivity index (χ4n) is 3.37. The lowest BCUT2D eigenvalue weighted by Gasteiger charge is -2.33. The molecule has 2 N–H and O–H groups in total. The number of benzene rings is 1. The minimum absolute atomic E-state index is 0.504. The average molecular weight is 418 g/mol. The van der Waals surface area contributed by atoms with E-state index in [9.17, 15) is 0 Å². The largest absolute Gasteiger partial charge is 0.356 e. The second-order valence-corrected chi connectivity index (χ2v) is 9.36. The molecule has 1 saturated heterocycles. The van der Waals surface area contributed by atoms with Crippen molar-refractivity contribution in [3.8, 4) is 0 Å². The molecular weight excluding hydrogens is 386 g/mol. The van der Waals surface area contributed by atoms with Crippen LogP contribution < -0.4 is 10.6 Å². The van der Waals surface area contributed by atoms with Gasteiger partial charge in [0.1, 0.15) is 4.34 Å². The van der Waals surface area contributed by atoms with Crippen LogP contribution in [-0.2, 0) is 6.54 Å². The number of aliphatic imine (C=N–C) groups is 1. The maximum atomic E-state index is 4.39. The number of rotatable bonds is 8. The maximum absolute atomic E-state index is 4.39. The first-order valence-corrected chi connectivity index (χ1v) is 11.9. The zero-order chi connectivity index (χ0) is 19.6. The van der Waals surface area contributed by atoms with E-state index in [1.807, 2.05) is 30.4 Å². The molecule has 7 heteroatoms. The number of nitrogens with one attached hydrogen (secondary N) is 2. The number of aryl methyl sites for hydroxylation is 1. The summed E-state index contributed by atoms with van der Waals surface area (Å²) in [6, 6.07) is 9.21. The molecule has 1 aromatic carbocycles. The van der Waals surface area contributed by atoms with Crippen molar-refractivity contribution in [2.45, 2.75) is 43.1 Å². The molecule has 0 atom stereocenters. The summed E-state index contributed by atoms with van der Waals surface area (Å²) in [5.41, 5.74) is 2.84. The van der Waals surface area contributed by atoms with Crippen molar-refractivity contribution in [3.05, 3.63) is 47.0 Å².